The number of fused-ring (bicyclic) bond motifs is 1. The summed E-state index contributed by atoms with van der Waals surface area (Å²) in [5, 5.41) is 0.883. The molecule has 1 aromatic rings. The molecule has 0 aromatic heterocycles. The summed E-state index contributed by atoms with van der Waals surface area (Å²) in [5.74, 6) is 2.51. The predicted molar refractivity (Wildman–Crippen MR) is 80.2 cm³/mol. The van der Waals surface area contributed by atoms with E-state index >= 15 is 0 Å². The largest absolute Gasteiger partial charge is 0.492 e. The highest BCUT2D eigenvalue weighted by molar-refractivity contribution is 6.31. The Kier molecular flexibility index (Phi) is 3.29. The van der Waals surface area contributed by atoms with Crippen LogP contribution in [0.1, 0.15) is 57.1 Å². The summed E-state index contributed by atoms with van der Waals surface area (Å²) in [6.07, 6.45) is 5.14. The molecule has 104 valence electrons. The van der Waals surface area contributed by atoms with Gasteiger partial charge in [-0.25, -0.2) is 0 Å². The van der Waals surface area contributed by atoms with Gasteiger partial charge in [0.1, 0.15) is 5.75 Å². The molecule has 2 heteroatoms. The minimum atomic E-state index is 0.243. The monoisotopic (exact) mass is 278 g/mol. The number of hydrogen-bond acceptors (Lipinski definition) is 1. The van der Waals surface area contributed by atoms with Gasteiger partial charge in [-0.15, -0.1) is 0 Å². The third kappa shape index (κ3) is 2.63. The molecule has 0 bridgehead atoms. The molecule has 0 N–H and O–H groups in total. The lowest BCUT2D eigenvalue weighted by atomic mass is 9.77. The van der Waals surface area contributed by atoms with Crippen LogP contribution in [0.4, 0.5) is 0 Å². The molecule has 0 unspecified atom stereocenters. The van der Waals surface area contributed by atoms with Gasteiger partial charge in [0.15, 0.2) is 0 Å². The molecule has 1 aliphatic carbocycles. The topological polar surface area (TPSA) is 9.23 Å². The zero-order chi connectivity index (χ0) is 13.6. The van der Waals surface area contributed by atoms with Gasteiger partial charge >= 0.3 is 0 Å². The highest BCUT2D eigenvalue weighted by atomic mass is 35.5. The van der Waals surface area contributed by atoms with Gasteiger partial charge in [0.05, 0.1) is 6.61 Å². The van der Waals surface area contributed by atoms with Crippen molar-refractivity contribution in [2.75, 3.05) is 6.61 Å². The van der Waals surface area contributed by atoms with Crippen LogP contribution in [0.2, 0.25) is 5.02 Å². The summed E-state index contributed by atoms with van der Waals surface area (Å²) in [7, 11) is 0. The molecule has 1 aromatic carbocycles. The first kappa shape index (κ1) is 13.3. The summed E-state index contributed by atoms with van der Waals surface area (Å²) in [4.78, 5) is 0. The molecule has 19 heavy (non-hydrogen) atoms. The van der Waals surface area contributed by atoms with Crippen molar-refractivity contribution in [1.82, 2.24) is 0 Å². The van der Waals surface area contributed by atoms with Gasteiger partial charge in [-0.05, 0) is 30.2 Å². The quantitative estimate of drug-likeness (QED) is 0.738. The Bertz CT molecular complexity index is 483. The Hall–Kier alpha value is -0.690. The van der Waals surface area contributed by atoms with Crippen molar-refractivity contribution in [1.29, 1.82) is 0 Å². The summed E-state index contributed by atoms with van der Waals surface area (Å²) >= 11 is 6.39. The molecule has 0 spiro atoms. The van der Waals surface area contributed by atoms with Crippen molar-refractivity contribution >= 4 is 11.6 Å². The van der Waals surface area contributed by atoms with E-state index in [2.05, 4.69) is 32.9 Å². The van der Waals surface area contributed by atoms with Crippen LogP contribution in [0, 0.1) is 11.3 Å². The van der Waals surface area contributed by atoms with Crippen LogP contribution in [0.25, 0.3) is 0 Å². The third-order valence-corrected chi connectivity index (χ3v) is 4.90. The zero-order valence-corrected chi connectivity index (χ0v) is 12.9. The molecule has 1 fully saturated rings. The van der Waals surface area contributed by atoms with Crippen molar-refractivity contribution < 1.29 is 4.74 Å². The number of ether oxygens (including phenoxy) is 1. The van der Waals surface area contributed by atoms with Gasteiger partial charge in [0.2, 0.25) is 0 Å². The van der Waals surface area contributed by atoms with E-state index in [-0.39, 0.29) is 5.41 Å². The Balaban J connectivity index is 1.90. The van der Waals surface area contributed by atoms with Crippen LogP contribution in [0.5, 0.6) is 5.75 Å². The van der Waals surface area contributed by atoms with Crippen LogP contribution in [0.3, 0.4) is 0 Å². The van der Waals surface area contributed by atoms with Crippen molar-refractivity contribution in [3.63, 3.8) is 0 Å². The van der Waals surface area contributed by atoms with Crippen LogP contribution in [0.15, 0.2) is 12.1 Å². The summed E-state index contributed by atoms with van der Waals surface area (Å²) < 4.78 is 6.02. The van der Waals surface area contributed by atoms with Crippen molar-refractivity contribution in [3.8, 4) is 5.75 Å². The van der Waals surface area contributed by atoms with Gasteiger partial charge in [-0.3, -0.25) is 0 Å². The van der Waals surface area contributed by atoms with Crippen molar-refractivity contribution in [3.05, 3.63) is 28.3 Å². The average molecular weight is 279 g/mol. The maximum absolute atomic E-state index is 6.39. The van der Waals surface area contributed by atoms with Gasteiger partial charge in [0.25, 0.3) is 0 Å². The minimum Gasteiger partial charge on any atom is -0.492 e. The summed E-state index contributed by atoms with van der Waals surface area (Å²) in [6.45, 7) is 7.66. The molecule has 0 amide bonds. The maximum Gasteiger partial charge on any atom is 0.127 e. The van der Waals surface area contributed by atoms with Crippen LogP contribution in [-0.2, 0) is 6.42 Å². The van der Waals surface area contributed by atoms with Crippen molar-refractivity contribution in [2.24, 2.45) is 11.3 Å². The Morgan fingerprint density at radius 3 is 2.63 bits per heavy atom. The lowest BCUT2D eigenvalue weighted by Crippen LogP contribution is -2.19. The third-order valence-electron chi connectivity index (χ3n) is 4.55. The normalized spacial score (nSPS) is 22.2. The smallest absolute Gasteiger partial charge is 0.127 e. The SMILES string of the molecule is CC(C)(C)[C@@H]1COc2c1ccc(Cl)c2CCC1CC1. The van der Waals surface area contributed by atoms with E-state index in [0.29, 0.717) is 5.92 Å². The van der Waals surface area contributed by atoms with E-state index in [4.69, 9.17) is 16.3 Å². The number of halogens is 1. The predicted octanol–water partition coefficient (Wildman–Crippen LogP) is 5.20. The molecule has 1 atom stereocenters. The molecule has 1 aliphatic heterocycles. The molecule has 3 rings (SSSR count). The van der Waals surface area contributed by atoms with E-state index < -0.39 is 0 Å². The second-order valence-electron chi connectivity index (χ2n) is 7.16. The van der Waals surface area contributed by atoms with E-state index in [0.717, 1.165) is 29.7 Å². The fraction of sp³-hybridized carbons (Fsp3) is 0.647. The molecule has 0 saturated heterocycles. The molecule has 0 radical (unpaired) electrons. The van der Waals surface area contributed by atoms with Crippen LogP contribution < -0.4 is 4.74 Å². The zero-order valence-electron chi connectivity index (χ0n) is 12.1. The second kappa shape index (κ2) is 4.70. The number of rotatable bonds is 3. The second-order valence-corrected chi connectivity index (χ2v) is 7.56. The molecule has 2 aliphatic rings. The summed E-state index contributed by atoms with van der Waals surface area (Å²) in [6, 6.07) is 4.23. The van der Waals surface area contributed by atoms with Crippen molar-refractivity contribution in [2.45, 2.75) is 52.4 Å². The standard InChI is InChI=1S/C17H23ClO/c1-17(2,3)14-10-19-16-12(14)8-9-15(18)13(16)7-6-11-4-5-11/h8-9,11,14H,4-7,10H2,1-3H3/t14-/m1/s1. The molecular weight excluding hydrogens is 256 g/mol. The minimum absolute atomic E-state index is 0.243. The van der Waals surface area contributed by atoms with E-state index in [1.807, 2.05) is 0 Å². The van der Waals surface area contributed by atoms with Crippen LogP contribution in [-0.4, -0.2) is 6.61 Å². The van der Waals surface area contributed by atoms with Gasteiger partial charge in [-0.1, -0.05) is 51.3 Å². The first-order chi connectivity index (χ1) is 8.97. The van der Waals surface area contributed by atoms with Gasteiger partial charge < -0.3 is 4.74 Å². The Morgan fingerprint density at radius 2 is 2.00 bits per heavy atom. The lowest BCUT2D eigenvalue weighted by Gasteiger charge is -2.25. The van der Waals surface area contributed by atoms with E-state index in [1.165, 1.54) is 30.4 Å². The summed E-state index contributed by atoms with van der Waals surface area (Å²) in [5.41, 5.74) is 2.85. The maximum atomic E-state index is 6.39. The Labute approximate surface area is 121 Å². The van der Waals surface area contributed by atoms with Gasteiger partial charge in [0, 0.05) is 22.1 Å². The molecular formula is C17H23ClO. The fourth-order valence-electron chi connectivity index (χ4n) is 3.03. The first-order valence-electron chi connectivity index (χ1n) is 7.41. The Morgan fingerprint density at radius 1 is 1.26 bits per heavy atom. The van der Waals surface area contributed by atoms with E-state index in [1.54, 1.807) is 0 Å². The number of benzene rings is 1. The lowest BCUT2D eigenvalue weighted by molar-refractivity contribution is 0.242. The molecule has 1 nitrogen and oxygen atoms in total. The molecule has 1 saturated carbocycles. The van der Waals surface area contributed by atoms with Crippen LogP contribution >= 0.6 is 11.6 Å². The first-order valence-corrected chi connectivity index (χ1v) is 7.78. The highest BCUT2D eigenvalue weighted by Crippen LogP contribution is 2.48. The molecule has 1 heterocycles. The highest BCUT2D eigenvalue weighted by Gasteiger charge is 2.35. The average Bonchev–Trinajstić information content (AvgIpc) is 3.03. The fourth-order valence-corrected chi connectivity index (χ4v) is 3.27. The van der Waals surface area contributed by atoms with E-state index in [9.17, 15) is 0 Å². The number of hydrogen-bond donors (Lipinski definition) is 0. The van der Waals surface area contributed by atoms with Gasteiger partial charge in [-0.2, -0.15) is 0 Å².